The van der Waals surface area contributed by atoms with Gasteiger partial charge in [-0.1, -0.05) is 59.5 Å². The Bertz CT molecular complexity index is 2090. The molecule has 0 aliphatic rings. The topological polar surface area (TPSA) is 48.8 Å². The summed E-state index contributed by atoms with van der Waals surface area (Å²) in [6, 6.07) is 41.9. The van der Waals surface area contributed by atoms with Gasteiger partial charge in [-0.05, 0) is 64.4 Å². The Kier molecular flexibility index (Phi) is 5.95. The van der Waals surface area contributed by atoms with E-state index in [1.807, 2.05) is 79.3 Å². The second-order valence-corrected chi connectivity index (χ2v) is 9.42. The van der Waals surface area contributed by atoms with Gasteiger partial charge in [0.15, 0.2) is 0 Å². The Hall–Kier alpha value is -4.73. The van der Waals surface area contributed by atoms with Crippen molar-refractivity contribution in [3.8, 4) is 34.1 Å². The Morgan fingerprint density at radius 1 is 0.700 bits per heavy atom. The van der Waals surface area contributed by atoms with Gasteiger partial charge in [-0.2, -0.15) is 0 Å². The molecule has 0 radical (unpaired) electrons. The molecule has 4 heterocycles. The predicted molar refractivity (Wildman–Crippen MR) is 154 cm³/mol. The zero-order valence-corrected chi connectivity index (χ0v) is 23.3. The number of hydrogen-bond acceptors (Lipinski definition) is 3. The summed E-state index contributed by atoms with van der Waals surface area (Å²) in [5, 5.41) is 2.25. The molecule has 6 heteroatoms. The van der Waals surface area contributed by atoms with Crippen molar-refractivity contribution in [1.29, 1.82) is 0 Å². The van der Waals surface area contributed by atoms with E-state index in [4.69, 9.17) is 9.40 Å². The second-order valence-electron chi connectivity index (χ2n) is 9.42. The van der Waals surface area contributed by atoms with E-state index in [9.17, 15) is 0 Å². The summed E-state index contributed by atoms with van der Waals surface area (Å²) in [5.74, 6) is 0.550. The first kappa shape index (κ1) is 24.3. The van der Waals surface area contributed by atoms with Gasteiger partial charge in [0.25, 0.3) is 0 Å². The minimum Gasteiger partial charge on any atom is -0.481 e. The van der Waals surface area contributed by atoms with E-state index in [-0.39, 0.29) is 21.1 Å². The van der Waals surface area contributed by atoms with Gasteiger partial charge >= 0.3 is 21.1 Å². The van der Waals surface area contributed by atoms with E-state index in [0.29, 0.717) is 5.89 Å². The maximum absolute atomic E-state index is 6.10. The van der Waals surface area contributed by atoms with Gasteiger partial charge < -0.3 is 18.5 Å². The molecule has 0 amide bonds. The molecule has 8 rings (SSSR count). The molecule has 0 spiro atoms. The van der Waals surface area contributed by atoms with E-state index in [1.54, 1.807) is 0 Å². The van der Waals surface area contributed by atoms with Crippen molar-refractivity contribution in [2.24, 2.45) is 0 Å². The van der Waals surface area contributed by atoms with Crippen molar-refractivity contribution < 1.29 is 25.5 Å². The van der Waals surface area contributed by atoms with Crippen LogP contribution in [0.4, 0.5) is 0 Å². The molecular formula is C34H20N4OPt. The SMILES string of the molecule is [Pt+2].[c-]1c(-c2ccccn2)cc(-n2cccc2)cc1-n1c2[c-]c(-c3nc4ccccc4o3)ccc2c2ccccc21. The zero-order valence-electron chi connectivity index (χ0n) is 21.1. The normalized spacial score (nSPS) is 11.3. The summed E-state index contributed by atoms with van der Waals surface area (Å²) in [7, 11) is 0. The number of rotatable bonds is 4. The first-order valence-electron chi connectivity index (χ1n) is 12.8. The maximum Gasteiger partial charge on any atom is 2.00 e. The third kappa shape index (κ3) is 3.98. The van der Waals surface area contributed by atoms with Gasteiger partial charge in [0, 0.05) is 24.1 Å². The molecule has 192 valence electrons. The fourth-order valence-corrected chi connectivity index (χ4v) is 5.23. The molecule has 40 heavy (non-hydrogen) atoms. The molecule has 0 unspecified atom stereocenters. The van der Waals surface area contributed by atoms with Crippen molar-refractivity contribution in [2.75, 3.05) is 0 Å². The van der Waals surface area contributed by atoms with Crippen molar-refractivity contribution >= 4 is 32.9 Å². The standard InChI is InChI=1S/C34H20N4O.Pt/c1-3-12-31-27(9-1)28-15-14-23(34-36-30-11-2-4-13-33(30)39-34)21-32(28)38(31)26-20-24(29-10-5-6-16-35-29)19-25(22-26)37-17-7-8-18-37;/h1-19,22H;/q-2;+2. The second kappa shape index (κ2) is 9.78. The Balaban J connectivity index is 0.00000264. The summed E-state index contributed by atoms with van der Waals surface area (Å²) >= 11 is 0. The number of para-hydroxylation sites is 3. The number of pyridine rings is 1. The van der Waals surface area contributed by atoms with Crippen LogP contribution < -0.4 is 0 Å². The van der Waals surface area contributed by atoms with Crippen LogP contribution in [-0.4, -0.2) is 19.1 Å². The summed E-state index contributed by atoms with van der Waals surface area (Å²) in [5.41, 5.74) is 8.10. The quantitative estimate of drug-likeness (QED) is 0.175. The number of nitrogens with zero attached hydrogens (tertiary/aromatic N) is 4. The van der Waals surface area contributed by atoms with E-state index in [2.05, 4.69) is 68.7 Å². The first-order valence-corrected chi connectivity index (χ1v) is 12.8. The number of fused-ring (bicyclic) bond motifs is 4. The average Bonchev–Trinajstić information content (AvgIpc) is 3.75. The Morgan fingerprint density at radius 2 is 1.52 bits per heavy atom. The molecule has 0 bridgehead atoms. The zero-order chi connectivity index (χ0) is 25.8. The van der Waals surface area contributed by atoms with Gasteiger partial charge in [0.1, 0.15) is 11.5 Å². The third-order valence-corrected chi connectivity index (χ3v) is 7.03. The molecule has 0 fully saturated rings. The molecule has 0 saturated carbocycles. The van der Waals surface area contributed by atoms with Crippen LogP contribution in [0.2, 0.25) is 0 Å². The number of oxazole rings is 1. The van der Waals surface area contributed by atoms with E-state index < -0.39 is 0 Å². The molecule has 0 saturated heterocycles. The molecule has 0 atom stereocenters. The van der Waals surface area contributed by atoms with Crippen LogP contribution in [0.25, 0.3) is 67.0 Å². The van der Waals surface area contributed by atoms with Crippen molar-refractivity contribution in [2.45, 2.75) is 0 Å². The number of benzene rings is 4. The van der Waals surface area contributed by atoms with E-state index in [1.165, 1.54) is 0 Å². The van der Waals surface area contributed by atoms with Crippen LogP contribution >= 0.6 is 0 Å². The van der Waals surface area contributed by atoms with Crippen LogP contribution in [0.15, 0.2) is 126 Å². The van der Waals surface area contributed by atoms with Gasteiger partial charge in [-0.15, -0.1) is 35.9 Å². The molecule has 0 N–H and O–H groups in total. The van der Waals surface area contributed by atoms with E-state index >= 15 is 0 Å². The monoisotopic (exact) mass is 695 g/mol. The fourth-order valence-electron chi connectivity index (χ4n) is 5.23. The van der Waals surface area contributed by atoms with Crippen molar-refractivity contribution in [3.05, 3.63) is 134 Å². The maximum atomic E-state index is 6.10. The van der Waals surface area contributed by atoms with Crippen LogP contribution in [0.5, 0.6) is 0 Å². The molecule has 0 aliphatic carbocycles. The van der Waals surface area contributed by atoms with Crippen LogP contribution in [0.1, 0.15) is 0 Å². The van der Waals surface area contributed by atoms with Crippen molar-refractivity contribution in [1.82, 2.24) is 19.1 Å². The Labute approximate surface area is 244 Å². The van der Waals surface area contributed by atoms with Gasteiger partial charge in [0.05, 0.1) is 5.52 Å². The molecule has 4 aromatic heterocycles. The van der Waals surface area contributed by atoms with Crippen LogP contribution in [0.3, 0.4) is 0 Å². The van der Waals surface area contributed by atoms with Gasteiger partial charge in [-0.3, -0.25) is 4.98 Å². The average molecular weight is 696 g/mol. The van der Waals surface area contributed by atoms with Gasteiger partial charge in [-0.25, -0.2) is 0 Å². The van der Waals surface area contributed by atoms with Crippen molar-refractivity contribution in [3.63, 3.8) is 0 Å². The largest absolute Gasteiger partial charge is 2.00 e. The van der Waals surface area contributed by atoms with Crippen LogP contribution in [0, 0.1) is 12.1 Å². The minimum absolute atomic E-state index is 0. The van der Waals surface area contributed by atoms with Crippen LogP contribution in [-0.2, 0) is 21.1 Å². The molecule has 5 nitrogen and oxygen atoms in total. The summed E-state index contributed by atoms with van der Waals surface area (Å²) < 4.78 is 10.4. The first-order chi connectivity index (χ1) is 19.3. The number of aromatic nitrogens is 4. The summed E-state index contributed by atoms with van der Waals surface area (Å²) in [6.07, 6.45) is 5.90. The Morgan fingerprint density at radius 3 is 2.38 bits per heavy atom. The minimum atomic E-state index is 0. The number of hydrogen-bond donors (Lipinski definition) is 0. The van der Waals surface area contributed by atoms with E-state index in [0.717, 1.165) is 61.1 Å². The van der Waals surface area contributed by atoms with Gasteiger partial charge in [0.2, 0.25) is 0 Å². The smallest absolute Gasteiger partial charge is 0.481 e. The molecule has 4 aromatic carbocycles. The summed E-state index contributed by atoms with van der Waals surface area (Å²) in [6.45, 7) is 0. The third-order valence-electron chi connectivity index (χ3n) is 7.03. The molecule has 0 aliphatic heterocycles. The fraction of sp³-hybridized carbons (Fsp3) is 0. The molecule has 8 aromatic rings. The predicted octanol–water partition coefficient (Wildman–Crippen LogP) is 8.04. The molecular weight excluding hydrogens is 675 g/mol. The summed E-state index contributed by atoms with van der Waals surface area (Å²) in [4.78, 5) is 9.34.